The Morgan fingerprint density at radius 2 is 1.95 bits per heavy atom. The molecule has 0 heterocycles. The first-order valence-electron chi connectivity index (χ1n) is 6.13. The average molecular weight is 304 g/mol. The molecule has 0 saturated heterocycles. The van der Waals surface area contributed by atoms with Crippen molar-refractivity contribution in [1.29, 1.82) is 0 Å². The summed E-state index contributed by atoms with van der Waals surface area (Å²) in [6.45, 7) is -0.0739. The fourth-order valence-corrected chi connectivity index (χ4v) is 1.47. The minimum Gasteiger partial charge on any atom is -0.484 e. The van der Waals surface area contributed by atoms with E-state index in [0.29, 0.717) is 23.4 Å². The lowest BCUT2D eigenvalue weighted by atomic mass is 10.1. The normalized spacial score (nSPS) is 12.1. The van der Waals surface area contributed by atoms with Gasteiger partial charge in [-0.25, -0.2) is 0 Å². The van der Waals surface area contributed by atoms with E-state index in [1.165, 1.54) is 12.1 Å². The van der Waals surface area contributed by atoms with Gasteiger partial charge in [-0.15, -0.1) is 0 Å². The van der Waals surface area contributed by atoms with E-state index in [9.17, 15) is 18.0 Å². The number of hydrogen-bond donors (Lipinski definition) is 2. The molecule has 0 atom stereocenters. The van der Waals surface area contributed by atoms with Gasteiger partial charge in [0.1, 0.15) is 12.3 Å². The Balaban J connectivity index is 2.48. The van der Waals surface area contributed by atoms with Crippen molar-refractivity contribution in [2.24, 2.45) is 5.16 Å². The largest absolute Gasteiger partial charge is 0.484 e. The highest BCUT2D eigenvalue weighted by atomic mass is 19.4. The van der Waals surface area contributed by atoms with Crippen molar-refractivity contribution < 1.29 is 27.9 Å². The molecule has 0 aliphatic rings. The molecule has 2 N–H and O–H groups in total. The van der Waals surface area contributed by atoms with Crippen LogP contribution in [0.1, 0.15) is 18.9 Å². The highest BCUT2D eigenvalue weighted by Gasteiger charge is 2.27. The van der Waals surface area contributed by atoms with Gasteiger partial charge in [-0.05, 0) is 36.2 Å². The quantitative estimate of drug-likeness (QED) is 0.481. The van der Waals surface area contributed by atoms with Gasteiger partial charge in [-0.1, -0.05) is 12.1 Å². The number of benzene rings is 1. The number of ether oxygens (including phenoxy) is 1. The van der Waals surface area contributed by atoms with Crippen LogP contribution in [-0.4, -0.2) is 36.2 Å². The van der Waals surface area contributed by atoms with Crippen molar-refractivity contribution in [2.45, 2.75) is 19.5 Å². The molecule has 0 spiro atoms. The van der Waals surface area contributed by atoms with Gasteiger partial charge < -0.3 is 15.3 Å². The molecule has 1 rings (SSSR count). The van der Waals surface area contributed by atoms with Crippen LogP contribution in [0.5, 0.6) is 5.75 Å². The molecule has 0 aromatic heterocycles. The van der Waals surface area contributed by atoms with E-state index in [1.54, 1.807) is 17.4 Å². The van der Waals surface area contributed by atoms with Gasteiger partial charge in [0, 0.05) is 0 Å². The first-order chi connectivity index (χ1) is 9.85. The maximum Gasteiger partial charge on any atom is 0.405 e. The maximum absolute atomic E-state index is 11.9. The van der Waals surface area contributed by atoms with E-state index < -0.39 is 25.2 Å². The Morgan fingerprint density at radius 3 is 2.43 bits per heavy atom. The van der Waals surface area contributed by atoms with Crippen LogP contribution in [0, 0.1) is 0 Å². The Kier molecular flexibility index (Phi) is 6.01. The molecular weight excluding hydrogens is 289 g/mol. The summed E-state index contributed by atoms with van der Waals surface area (Å²) >= 11 is 0. The van der Waals surface area contributed by atoms with Crippen molar-refractivity contribution >= 4 is 11.6 Å². The van der Waals surface area contributed by atoms with E-state index in [-0.39, 0.29) is 0 Å². The number of halogens is 3. The van der Waals surface area contributed by atoms with E-state index in [4.69, 9.17) is 9.94 Å². The lowest BCUT2D eigenvalue weighted by Gasteiger charge is -2.10. The maximum atomic E-state index is 11.9. The molecule has 1 aromatic rings. The van der Waals surface area contributed by atoms with Gasteiger partial charge >= 0.3 is 6.18 Å². The van der Waals surface area contributed by atoms with E-state index in [2.05, 4.69) is 5.16 Å². The molecule has 8 heteroatoms. The number of nitrogens with zero attached hydrogens (tertiary/aromatic N) is 1. The van der Waals surface area contributed by atoms with Crippen LogP contribution in [0.4, 0.5) is 13.2 Å². The lowest BCUT2D eigenvalue weighted by molar-refractivity contribution is -0.139. The molecule has 0 aliphatic heterocycles. The van der Waals surface area contributed by atoms with Gasteiger partial charge in [0.2, 0.25) is 0 Å². The molecule has 1 amide bonds. The van der Waals surface area contributed by atoms with Gasteiger partial charge in [0.25, 0.3) is 5.91 Å². The fraction of sp³-hybridized carbons (Fsp3) is 0.385. The summed E-state index contributed by atoms with van der Waals surface area (Å²) in [5, 5.41) is 13.6. The summed E-state index contributed by atoms with van der Waals surface area (Å²) in [5.41, 5.74) is 1.18. The molecule has 5 nitrogen and oxygen atoms in total. The number of carbonyl (C=O) groups is 1. The predicted octanol–water partition coefficient (Wildman–Crippen LogP) is 2.33. The third kappa shape index (κ3) is 6.15. The minimum atomic E-state index is -4.45. The van der Waals surface area contributed by atoms with Gasteiger partial charge in [0.05, 0.1) is 5.71 Å². The molecular formula is C13H15F3N2O3. The monoisotopic (exact) mass is 304 g/mol. The van der Waals surface area contributed by atoms with E-state index in [0.717, 1.165) is 0 Å². The van der Waals surface area contributed by atoms with Crippen molar-refractivity contribution in [1.82, 2.24) is 5.32 Å². The summed E-state index contributed by atoms with van der Waals surface area (Å²) in [4.78, 5) is 11.1. The average Bonchev–Trinajstić information content (AvgIpc) is 2.45. The molecule has 0 saturated carbocycles. The second-order valence-corrected chi connectivity index (χ2v) is 4.11. The van der Waals surface area contributed by atoms with Crippen LogP contribution in [0.15, 0.2) is 29.4 Å². The molecule has 1 aromatic carbocycles. The second kappa shape index (κ2) is 7.51. The highest BCUT2D eigenvalue weighted by Crippen LogP contribution is 2.14. The molecule has 0 radical (unpaired) electrons. The second-order valence-electron chi connectivity index (χ2n) is 4.11. The third-order valence-corrected chi connectivity index (χ3v) is 2.50. The number of amides is 1. The van der Waals surface area contributed by atoms with Crippen LogP contribution in [-0.2, 0) is 4.79 Å². The van der Waals surface area contributed by atoms with Crippen molar-refractivity contribution in [2.75, 3.05) is 13.2 Å². The molecule has 0 bridgehead atoms. The highest BCUT2D eigenvalue weighted by molar-refractivity contribution is 6.00. The summed E-state index contributed by atoms with van der Waals surface area (Å²) in [6, 6.07) is 6.32. The summed E-state index contributed by atoms with van der Waals surface area (Å²) in [5.74, 6) is -0.531. The van der Waals surface area contributed by atoms with Crippen molar-refractivity contribution in [3.8, 4) is 5.75 Å². The van der Waals surface area contributed by atoms with Gasteiger partial charge in [-0.3, -0.25) is 4.79 Å². The number of rotatable bonds is 6. The molecule has 0 fully saturated rings. The summed E-state index contributed by atoms with van der Waals surface area (Å²) < 4.78 is 40.7. The topological polar surface area (TPSA) is 70.9 Å². The fourth-order valence-electron chi connectivity index (χ4n) is 1.47. The Bertz CT molecular complexity index is 498. The molecule has 116 valence electrons. The molecule has 21 heavy (non-hydrogen) atoms. The Hall–Kier alpha value is -2.25. The predicted molar refractivity (Wildman–Crippen MR) is 69.6 cm³/mol. The SMILES string of the molecule is CCC(=NO)c1ccc(OCC(=O)NCC(F)(F)F)cc1. The van der Waals surface area contributed by atoms with Crippen molar-refractivity contribution in [3.05, 3.63) is 29.8 Å². The molecule has 0 unspecified atom stereocenters. The standard InChI is InChI=1S/C13H15F3N2O3/c1-2-11(18-20)9-3-5-10(6-4-9)21-7-12(19)17-8-13(14,15)16/h3-6,20H,2,7-8H2,1H3,(H,17,19). The number of hydrogen-bond acceptors (Lipinski definition) is 4. The summed E-state index contributed by atoms with van der Waals surface area (Å²) in [7, 11) is 0. The summed E-state index contributed by atoms with van der Waals surface area (Å²) in [6.07, 6.45) is -3.91. The van der Waals surface area contributed by atoms with Crippen LogP contribution >= 0.6 is 0 Å². The van der Waals surface area contributed by atoms with Gasteiger partial charge in [-0.2, -0.15) is 13.2 Å². The first kappa shape index (κ1) is 16.8. The Morgan fingerprint density at radius 1 is 1.33 bits per heavy atom. The van der Waals surface area contributed by atoms with Crippen LogP contribution < -0.4 is 10.1 Å². The first-order valence-corrected chi connectivity index (χ1v) is 6.13. The Labute approximate surface area is 119 Å². The zero-order chi connectivity index (χ0) is 15.9. The van der Waals surface area contributed by atoms with E-state index >= 15 is 0 Å². The number of alkyl halides is 3. The van der Waals surface area contributed by atoms with E-state index in [1.807, 2.05) is 6.92 Å². The smallest absolute Gasteiger partial charge is 0.405 e. The van der Waals surface area contributed by atoms with Crippen LogP contribution in [0.3, 0.4) is 0 Å². The zero-order valence-electron chi connectivity index (χ0n) is 11.3. The van der Waals surface area contributed by atoms with Gasteiger partial charge in [0.15, 0.2) is 6.61 Å². The minimum absolute atomic E-state index is 0.328. The lowest BCUT2D eigenvalue weighted by Crippen LogP contribution is -2.36. The number of oxime groups is 1. The van der Waals surface area contributed by atoms with Crippen LogP contribution in [0.25, 0.3) is 0 Å². The third-order valence-electron chi connectivity index (χ3n) is 2.50. The molecule has 0 aliphatic carbocycles. The zero-order valence-corrected chi connectivity index (χ0v) is 11.3. The van der Waals surface area contributed by atoms with Crippen molar-refractivity contribution in [3.63, 3.8) is 0 Å². The number of nitrogens with one attached hydrogen (secondary N) is 1. The number of carbonyl (C=O) groups excluding carboxylic acids is 1. The van der Waals surface area contributed by atoms with Crippen LogP contribution in [0.2, 0.25) is 0 Å².